The van der Waals surface area contributed by atoms with Gasteiger partial charge in [0.15, 0.2) is 0 Å². The molecular formula is C19H32N2O. The highest BCUT2D eigenvalue weighted by molar-refractivity contribution is 5.30. The molecule has 1 aliphatic heterocycles. The normalized spacial score (nSPS) is 22.9. The van der Waals surface area contributed by atoms with Gasteiger partial charge in [-0.2, -0.15) is 0 Å². The fourth-order valence-corrected chi connectivity index (χ4v) is 3.32. The summed E-state index contributed by atoms with van der Waals surface area (Å²) in [6.45, 7) is 14.1. The van der Waals surface area contributed by atoms with Gasteiger partial charge < -0.3 is 10.1 Å². The lowest BCUT2D eigenvalue weighted by Crippen LogP contribution is -2.45. The van der Waals surface area contributed by atoms with Crippen LogP contribution in [-0.2, 0) is 11.3 Å². The van der Waals surface area contributed by atoms with E-state index < -0.39 is 0 Å². The summed E-state index contributed by atoms with van der Waals surface area (Å²) in [6, 6.07) is 6.71. The van der Waals surface area contributed by atoms with E-state index in [2.05, 4.69) is 56.1 Å². The zero-order valence-corrected chi connectivity index (χ0v) is 14.7. The number of aryl methyl sites for hydroxylation is 2. The summed E-state index contributed by atoms with van der Waals surface area (Å²) >= 11 is 0. The number of nitrogens with one attached hydrogen (secondary N) is 1. The topological polar surface area (TPSA) is 24.5 Å². The highest BCUT2D eigenvalue weighted by Crippen LogP contribution is 2.12. The van der Waals surface area contributed by atoms with Crippen molar-refractivity contribution < 1.29 is 4.74 Å². The molecule has 0 radical (unpaired) electrons. The monoisotopic (exact) mass is 304 g/mol. The highest BCUT2D eigenvalue weighted by atomic mass is 16.5. The lowest BCUT2D eigenvalue weighted by atomic mass is 10.1. The molecule has 1 aromatic carbocycles. The third-order valence-electron chi connectivity index (χ3n) is 4.39. The smallest absolute Gasteiger partial charge is 0.0678 e. The van der Waals surface area contributed by atoms with Crippen molar-refractivity contribution in [2.75, 3.05) is 26.2 Å². The number of morpholine rings is 1. The van der Waals surface area contributed by atoms with Gasteiger partial charge >= 0.3 is 0 Å². The van der Waals surface area contributed by atoms with Crippen LogP contribution in [0.15, 0.2) is 18.2 Å². The van der Waals surface area contributed by atoms with E-state index in [9.17, 15) is 0 Å². The molecule has 1 saturated heterocycles. The van der Waals surface area contributed by atoms with E-state index in [1.165, 1.54) is 36.1 Å². The van der Waals surface area contributed by atoms with Crippen LogP contribution in [0.25, 0.3) is 0 Å². The van der Waals surface area contributed by atoms with Crippen LogP contribution in [-0.4, -0.2) is 43.3 Å². The summed E-state index contributed by atoms with van der Waals surface area (Å²) in [5.74, 6) is 0. The van der Waals surface area contributed by atoms with Crippen LogP contribution < -0.4 is 5.32 Å². The van der Waals surface area contributed by atoms with Crippen molar-refractivity contribution >= 4 is 0 Å². The Hall–Kier alpha value is -0.900. The first kappa shape index (κ1) is 17.5. The zero-order valence-electron chi connectivity index (χ0n) is 14.7. The number of benzene rings is 1. The summed E-state index contributed by atoms with van der Waals surface area (Å²) < 4.78 is 5.78. The van der Waals surface area contributed by atoms with Gasteiger partial charge in [0, 0.05) is 19.6 Å². The second-order valence-corrected chi connectivity index (χ2v) is 6.83. The quantitative estimate of drug-likeness (QED) is 0.782. The van der Waals surface area contributed by atoms with Crippen molar-refractivity contribution in [1.29, 1.82) is 0 Å². The van der Waals surface area contributed by atoms with Crippen molar-refractivity contribution in [3.8, 4) is 0 Å². The number of nitrogens with zero attached hydrogens (tertiary/aromatic N) is 1. The Balaban J connectivity index is 1.57. The van der Waals surface area contributed by atoms with Crippen LogP contribution >= 0.6 is 0 Å². The third-order valence-corrected chi connectivity index (χ3v) is 4.39. The molecular weight excluding hydrogens is 272 g/mol. The SMILES string of the molecule is Cc1ccc(CNCCCCN2CC(C)OC(C)C2)c(C)c1. The Labute approximate surface area is 136 Å². The van der Waals surface area contributed by atoms with Crippen molar-refractivity contribution in [3.05, 3.63) is 34.9 Å². The summed E-state index contributed by atoms with van der Waals surface area (Å²) in [5.41, 5.74) is 4.15. The van der Waals surface area contributed by atoms with Gasteiger partial charge in [-0.15, -0.1) is 0 Å². The largest absolute Gasteiger partial charge is 0.373 e. The van der Waals surface area contributed by atoms with Gasteiger partial charge in [0.1, 0.15) is 0 Å². The molecule has 3 heteroatoms. The van der Waals surface area contributed by atoms with Crippen molar-refractivity contribution in [2.45, 2.75) is 59.3 Å². The minimum Gasteiger partial charge on any atom is -0.373 e. The second-order valence-electron chi connectivity index (χ2n) is 6.83. The van der Waals surface area contributed by atoms with E-state index in [1.807, 2.05) is 0 Å². The van der Waals surface area contributed by atoms with Crippen molar-refractivity contribution in [2.24, 2.45) is 0 Å². The number of unbranched alkanes of at least 4 members (excludes halogenated alkanes) is 1. The Morgan fingerprint density at radius 3 is 2.55 bits per heavy atom. The molecule has 0 aromatic heterocycles. The summed E-state index contributed by atoms with van der Waals surface area (Å²) in [7, 11) is 0. The van der Waals surface area contributed by atoms with Gasteiger partial charge in [-0.1, -0.05) is 23.8 Å². The third kappa shape index (κ3) is 5.71. The molecule has 0 aliphatic carbocycles. The molecule has 1 heterocycles. The molecule has 1 aliphatic rings. The number of hydrogen-bond acceptors (Lipinski definition) is 3. The van der Waals surface area contributed by atoms with Crippen LogP contribution in [0.2, 0.25) is 0 Å². The molecule has 1 N–H and O–H groups in total. The first-order chi connectivity index (χ1) is 10.5. The average Bonchev–Trinajstić information content (AvgIpc) is 2.43. The Morgan fingerprint density at radius 1 is 1.14 bits per heavy atom. The molecule has 22 heavy (non-hydrogen) atoms. The predicted molar refractivity (Wildman–Crippen MR) is 93.3 cm³/mol. The highest BCUT2D eigenvalue weighted by Gasteiger charge is 2.21. The van der Waals surface area contributed by atoms with Crippen molar-refractivity contribution in [1.82, 2.24) is 10.2 Å². The first-order valence-electron chi connectivity index (χ1n) is 8.69. The van der Waals surface area contributed by atoms with E-state index in [0.717, 1.165) is 26.2 Å². The first-order valence-corrected chi connectivity index (χ1v) is 8.69. The summed E-state index contributed by atoms with van der Waals surface area (Å²) in [5, 5.41) is 3.57. The molecule has 3 nitrogen and oxygen atoms in total. The molecule has 2 atom stereocenters. The zero-order chi connectivity index (χ0) is 15.9. The Kier molecular flexibility index (Phi) is 6.87. The van der Waals surface area contributed by atoms with Crippen LogP contribution in [0.4, 0.5) is 0 Å². The van der Waals surface area contributed by atoms with Gasteiger partial charge in [-0.05, 0) is 64.8 Å². The van der Waals surface area contributed by atoms with Crippen molar-refractivity contribution in [3.63, 3.8) is 0 Å². The molecule has 0 amide bonds. The maximum atomic E-state index is 5.78. The standard InChI is InChI=1S/C19H32N2O/c1-15-7-8-19(16(2)11-15)12-20-9-5-6-10-21-13-17(3)22-18(4)14-21/h7-8,11,17-18,20H,5-6,9-10,12-14H2,1-4H3. The summed E-state index contributed by atoms with van der Waals surface area (Å²) in [4.78, 5) is 2.54. The maximum absolute atomic E-state index is 5.78. The van der Waals surface area contributed by atoms with E-state index in [0.29, 0.717) is 12.2 Å². The van der Waals surface area contributed by atoms with Crippen LogP contribution in [0.1, 0.15) is 43.4 Å². The molecule has 0 spiro atoms. The van der Waals surface area contributed by atoms with E-state index in [1.54, 1.807) is 0 Å². The van der Waals surface area contributed by atoms with E-state index >= 15 is 0 Å². The molecule has 0 saturated carbocycles. The fourth-order valence-electron chi connectivity index (χ4n) is 3.32. The minimum atomic E-state index is 0.381. The van der Waals surface area contributed by atoms with E-state index in [-0.39, 0.29) is 0 Å². The number of hydrogen-bond donors (Lipinski definition) is 1. The second kappa shape index (κ2) is 8.66. The van der Waals surface area contributed by atoms with E-state index in [4.69, 9.17) is 4.74 Å². The van der Waals surface area contributed by atoms with Crippen LogP contribution in [0.5, 0.6) is 0 Å². The predicted octanol–water partition coefficient (Wildman–Crippen LogP) is 3.28. The van der Waals surface area contributed by atoms with Gasteiger partial charge in [0.05, 0.1) is 12.2 Å². The molecule has 2 unspecified atom stereocenters. The lowest BCUT2D eigenvalue weighted by Gasteiger charge is -2.35. The molecule has 1 fully saturated rings. The van der Waals surface area contributed by atoms with Crippen LogP contribution in [0.3, 0.4) is 0 Å². The minimum absolute atomic E-state index is 0.381. The Morgan fingerprint density at radius 2 is 1.86 bits per heavy atom. The lowest BCUT2D eigenvalue weighted by molar-refractivity contribution is -0.0681. The molecule has 124 valence electrons. The Bertz CT molecular complexity index is 451. The van der Waals surface area contributed by atoms with Gasteiger partial charge in [-0.3, -0.25) is 4.90 Å². The number of rotatable bonds is 7. The van der Waals surface area contributed by atoms with Gasteiger partial charge in [0.25, 0.3) is 0 Å². The molecule has 0 bridgehead atoms. The average molecular weight is 304 g/mol. The fraction of sp³-hybridized carbons (Fsp3) is 0.684. The molecule has 1 aromatic rings. The van der Waals surface area contributed by atoms with Gasteiger partial charge in [-0.25, -0.2) is 0 Å². The molecule has 2 rings (SSSR count). The summed E-state index contributed by atoms with van der Waals surface area (Å²) in [6.07, 6.45) is 3.27. The van der Waals surface area contributed by atoms with Crippen LogP contribution in [0, 0.1) is 13.8 Å². The number of ether oxygens (including phenoxy) is 1. The maximum Gasteiger partial charge on any atom is 0.0678 e. The van der Waals surface area contributed by atoms with Gasteiger partial charge in [0.2, 0.25) is 0 Å².